The van der Waals surface area contributed by atoms with E-state index in [0.717, 1.165) is 5.69 Å². The molecule has 0 radical (unpaired) electrons. The predicted molar refractivity (Wildman–Crippen MR) is 71.4 cm³/mol. The number of carbonyl (C=O) groups is 1. The number of aromatic nitrogens is 1. The van der Waals surface area contributed by atoms with Crippen LogP contribution in [0.1, 0.15) is 13.8 Å². The standard InChI is InChI=1S/C13H16N2O4/c1-13(2,11(16)17)7-14-8-4-5-9-10(6-8)19-12(18)15(9)3/h4-6,14H,7H2,1-3H3,(H,16,17). The number of oxazole rings is 1. The van der Waals surface area contributed by atoms with Crippen molar-refractivity contribution in [1.29, 1.82) is 0 Å². The van der Waals surface area contributed by atoms with Crippen LogP contribution in [0.4, 0.5) is 5.69 Å². The normalized spacial score (nSPS) is 11.7. The van der Waals surface area contributed by atoms with Crippen LogP contribution in [0.25, 0.3) is 11.1 Å². The molecule has 19 heavy (non-hydrogen) atoms. The van der Waals surface area contributed by atoms with Gasteiger partial charge in [0.15, 0.2) is 5.58 Å². The second kappa shape index (κ2) is 4.46. The highest BCUT2D eigenvalue weighted by molar-refractivity contribution is 5.78. The summed E-state index contributed by atoms with van der Waals surface area (Å²) in [6.45, 7) is 3.57. The van der Waals surface area contributed by atoms with E-state index >= 15 is 0 Å². The van der Waals surface area contributed by atoms with Gasteiger partial charge in [-0.15, -0.1) is 0 Å². The molecule has 2 N–H and O–H groups in total. The smallest absolute Gasteiger partial charge is 0.419 e. The molecular weight excluding hydrogens is 248 g/mol. The van der Waals surface area contributed by atoms with E-state index in [1.807, 2.05) is 0 Å². The maximum absolute atomic E-state index is 11.4. The average molecular weight is 264 g/mol. The number of fused-ring (bicyclic) bond motifs is 1. The number of rotatable bonds is 4. The Morgan fingerprint density at radius 2 is 2.16 bits per heavy atom. The van der Waals surface area contributed by atoms with E-state index in [4.69, 9.17) is 9.52 Å². The minimum absolute atomic E-state index is 0.283. The van der Waals surface area contributed by atoms with E-state index in [-0.39, 0.29) is 6.54 Å². The molecule has 2 aromatic rings. The van der Waals surface area contributed by atoms with Crippen LogP contribution in [0.5, 0.6) is 0 Å². The second-order valence-electron chi connectivity index (χ2n) is 5.15. The van der Waals surface area contributed by atoms with E-state index in [1.165, 1.54) is 4.57 Å². The zero-order valence-electron chi connectivity index (χ0n) is 11.1. The van der Waals surface area contributed by atoms with Crippen LogP contribution in [0.3, 0.4) is 0 Å². The summed E-state index contributed by atoms with van der Waals surface area (Å²) in [6, 6.07) is 5.24. The van der Waals surface area contributed by atoms with Gasteiger partial charge in [-0.05, 0) is 26.0 Å². The van der Waals surface area contributed by atoms with E-state index < -0.39 is 17.1 Å². The SMILES string of the molecule is Cn1c(=O)oc2cc(NCC(C)(C)C(=O)O)ccc21. The van der Waals surface area contributed by atoms with Gasteiger partial charge in [0.2, 0.25) is 0 Å². The lowest BCUT2D eigenvalue weighted by Gasteiger charge is -2.20. The topological polar surface area (TPSA) is 84.5 Å². The van der Waals surface area contributed by atoms with Gasteiger partial charge in [-0.3, -0.25) is 9.36 Å². The summed E-state index contributed by atoms with van der Waals surface area (Å²) in [6.07, 6.45) is 0. The third-order valence-corrected chi connectivity index (χ3v) is 3.11. The summed E-state index contributed by atoms with van der Waals surface area (Å²) in [5.74, 6) is -1.29. The summed E-state index contributed by atoms with van der Waals surface area (Å²) in [4.78, 5) is 22.4. The van der Waals surface area contributed by atoms with Gasteiger partial charge in [-0.1, -0.05) is 0 Å². The van der Waals surface area contributed by atoms with Gasteiger partial charge in [0.05, 0.1) is 10.9 Å². The summed E-state index contributed by atoms with van der Waals surface area (Å²) < 4.78 is 6.49. The Kier molecular flexibility index (Phi) is 3.09. The summed E-state index contributed by atoms with van der Waals surface area (Å²) in [7, 11) is 1.63. The van der Waals surface area contributed by atoms with Gasteiger partial charge < -0.3 is 14.8 Å². The van der Waals surface area contributed by atoms with Crippen molar-refractivity contribution in [2.45, 2.75) is 13.8 Å². The molecule has 1 aromatic heterocycles. The van der Waals surface area contributed by atoms with E-state index in [0.29, 0.717) is 11.1 Å². The van der Waals surface area contributed by atoms with Gasteiger partial charge >= 0.3 is 11.7 Å². The lowest BCUT2D eigenvalue weighted by molar-refractivity contribution is -0.146. The van der Waals surface area contributed by atoms with Crippen molar-refractivity contribution in [3.05, 3.63) is 28.7 Å². The number of nitrogens with one attached hydrogen (secondary N) is 1. The highest BCUT2D eigenvalue weighted by atomic mass is 16.4. The van der Waals surface area contributed by atoms with Crippen molar-refractivity contribution in [2.75, 3.05) is 11.9 Å². The highest BCUT2D eigenvalue weighted by Gasteiger charge is 2.26. The predicted octanol–water partition coefficient (Wildman–Crippen LogP) is 1.65. The van der Waals surface area contributed by atoms with E-state index in [2.05, 4.69) is 5.32 Å². The lowest BCUT2D eigenvalue weighted by Crippen LogP contribution is -2.31. The van der Waals surface area contributed by atoms with Crippen molar-refractivity contribution < 1.29 is 14.3 Å². The molecule has 102 valence electrons. The number of benzene rings is 1. The fraction of sp³-hybridized carbons (Fsp3) is 0.385. The first kappa shape index (κ1) is 13.2. The van der Waals surface area contributed by atoms with E-state index in [1.54, 1.807) is 39.1 Å². The number of carboxylic acids is 1. The van der Waals surface area contributed by atoms with E-state index in [9.17, 15) is 9.59 Å². The van der Waals surface area contributed by atoms with Crippen LogP contribution >= 0.6 is 0 Å². The molecule has 0 bridgehead atoms. The Bertz CT molecular complexity index is 681. The van der Waals surface area contributed by atoms with Gasteiger partial charge in [0.25, 0.3) is 0 Å². The van der Waals surface area contributed by atoms with Crippen LogP contribution in [0.2, 0.25) is 0 Å². The van der Waals surface area contributed by atoms with Crippen LogP contribution in [0.15, 0.2) is 27.4 Å². The molecule has 0 unspecified atom stereocenters. The molecule has 1 aromatic carbocycles. The highest BCUT2D eigenvalue weighted by Crippen LogP contribution is 2.20. The molecule has 0 atom stereocenters. The van der Waals surface area contributed by atoms with Crippen LogP contribution in [0, 0.1) is 5.41 Å². The Morgan fingerprint density at radius 1 is 1.47 bits per heavy atom. The fourth-order valence-electron chi connectivity index (χ4n) is 1.64. The van der Waals surface area contributed by atoms with Crippen LogP contribution in [-0.4, -0.2) is 22.2 Å². The zero-order valence-corrected chi connectivity index (χ0v) is 11.1. The molecule has 0 aliphatic heterocycles. The molecule has 0 amide bonds. The number of hydrogen-bond acceptors (Lipinski definition) is 4. The number of anilines is 1. The number of carboxylic acid groups (broad SMARTS) is 1. The molecule has 6 nitrogen and oxygen atoms in total. The lowest BCUT2D eigenvalue weighted by atomic mass is 9.94. The minimum Gasteiger partial charge on any atom is -0.481 e. The summed E-state index contributed by atoms with van der Waals surface area (Å²) >= 11 is 0. The van der Waals surface area contributed by atoms with Crippen LogP contribution < -0.4 is 11.1 Å². The molecule has 0 saturated heterocycles. The van der Waals surface area contributed by atoms with Crippen molar-refractivity contribution >= 4 is 22.8 Å². The molecule has 0 aliphatic rings. The molecule has 2 rings (SSSR count). The van der Waals surface area contributed by atoms with Crippen molar-refractivity contribution in [1.82, 2.24) is 4.57 Å². The summed E-state index contributed by atoms with van der Waals surface area (Å²) in [5, 5.41) is 12.1. The average Bonchev–Trinajstić information content (AvgIpc) is 2.62. The Labute approximate surface area is 109 Å². The number of aryl methyl sites for hydroxylation is 1. The van der Waals surface area contributed by atoms with Crippen molar-refractivity contribution in [3.63, 3.8) is 0 Å². The fourth-order valence-corrected chi connectivity index (χ4v) is 1.64. The van der Waals surface area contributed by atoms with Gasteiger partial charge in [-0.2, -0.15) is 0 Å². The van der Waals surface area contributed by atoms with Gasteiger partial charge in [-0.25, -0.2) is 4.79 Å². The first-order chi connectivity index (χ1) is 8.81. The Balaban J connectivity index is 2.23. The van der Waals surface area contributed by atoms with Crippen molar-refractivity contribution in [3.8, 4) is 0 Å². The molecular formula is C13H16N2O4. The minimum atomic E-state index is -0.869. The Hall–Kier alpha value is -2.24. The zero-order chi connectivity index (χ0) is 14.2. The first-order valence-corrected chi connectivity index (χ1v) is 5.88. The molecule has 6 heteroatoms. The maximum Gasteiger partial charge on any atom is 0.419 e. The largest absolute Gasteiger partial charge is 0.481 e. The molecule has 0 aliphatic carbocycles. The monoisotopic (exact) mass is 264 g/mol. The molecule has 1 heterocycles. The number of nitrogens with zero attached hydrogens (tertiary/aromatic N) is 1. The number of hydrogen-bond donors (Lipinski definition) is 2. The maximum atomic E-state index is 11.4. The van der Waals surface area contributed by atoms with Crippen molar-refractivity contribution in [2.24, 2.45) is 12.5 Å². The third-order valence-electron chi connectivity index (χ3n) is 3.11. The Morgan fingerprint density at radius 3 is 2.79 bits per heavy atom. The number of aliphatic carboxylic acids is 1. The first-order valence-electron chi connectivity index (χ1n) is 5.88. The molecule has 0 spiro atoms. The van der Waals surface area contributed by atoms with Gasteiger partial charge in [0, 0.05) is 25.3 Å². The summed E-state index contributed by atoms with van der Waals surface area (Å²) in [5.41, 5.74) is 1.03. The second-order valence-corrected chi connectivity index (χ2v) is 5.15. The van der Waals surface area contributed by atoms with Gasteiger partial charge in [0.1, 0.15) is 0 Å². The van der Waals surface area contributed by atoms with Crippen LogP contribution in [-0.2, 0) is 11.8 Å². The quantitative estimate of drug-likeness (QED) is 0.877. The third kappa shape index (κ3) is 2.47. The molecule has 0 saturated carbocycles. The molecule has 0 fully saturated rings.